The molecule has 0 aliphatic rings. The Kier molecular flexibility index (Phi) is 5.11. The number of hydrogen-bond donors (Lipinski definition) is 1. The Bertz CT molecular complexity index is 883. The second-order valence-electron chi connectivity index (χ2n) is 5.25. The highest BCUT2D eigenvalue weighted by Crippen LogP contribution is 2.28. The molecule has 3 aromatic rings. The number of halogens is 1. The zero-order chi connectivity index (χ0) is 17.6. The summed E-state index contributed by atoms with van der Waals surface area (Å²) in [5, 5.41) is 3.08. The van der Waals surface area contributed by atoms with Crippen LogP contribution in [0.2, 0.25) is 5.02 Å². The van der Waals surface area contributed by atoms with Crippen LogP contribution in [0.3, 0.4) is 0 Å². The highest BCUT2D eigenvalue weighted by atomic mass is 35.5. The predicted molar refractivity (Wildman–Crippen MR) is 100 cm³/mol. The van der Waals surface area contributed by atoms with Gasteiger partial charge in [0.05, 0.1) is 16.3 Å². The van der Waals surface area contributed by atoms with Crippen LogP contribution in [0.15, 0.2) is 78.9 Å². The van der Waals surface area contributed by atoms with Crippen LogP contribution >= 0.6 is 11.6 Å². The zero-order valence-corrected chi connectivity index (χ0v) is 13.9. The van der Waals surface area contributed by atoms with Crippen LogP contribution in [0.5, 0.6) is 0 Å². The summed E-state index contributed by atoms with van der Waals surface area (Å²) in [6.45, 7) is 0. The fourth-order valence-electron chi connectivity index (χ4n) is 2.38. The summed E-state index contributed by atoms with van der Waals surface area (Å²) in [7, 11) is 0. The van der Waals surface area contributed by atoms with E-state index in [4.69, 9.17) is 11.6 Å². The molecule has 0 saturated carbocycles. The molecule has 0 bridgehead atoms. The number of rotatable bonds is 5. The first-order chi connectivity index (χ1) is 12.2. The molecule has 0 fully saturated rings. The largest absolute Gasteiger partial charge is 0.322 e. The molecule has 0 atom stereocenters. The summed E-state index contributed by atoms with van der Waals surface area (Å²) in [5.41, 5.74) is 2.09. The van der Waals surface area contributed by atoms with Crippen LogP contribution < -0.4 is 10.2 Å². The summed E-state index contributed by atoms with van der Waals surface area (Å²) in [4.78, 5) is 25.3. The van der Waals surface area contributed by atoms with E-state index in [0.717, 1.165) is 0 Å². The van der Waals surface area contributed by atoms with Crippen molar-refractivity contribution in [3.05, 3.63) is 89.4 Å². The predicted octanol–water partition coefficient (Wildman–Crippen LogP) is 4.80. The topological polar surface area (TPSA) is 49.4 Å². The van der Waals surface area contributed by atoms with Crippen LogP contribution in [0.4, 0.5) is 17.1 Å². The Balaban J connectivity index is 1.92. The maximum atomic E-state index is 12.5. The minimum atomic E-state index is -0.350. The number of anilines is 3. The number of carbonyl (C=O) groups is 1. The monoisotopic (exact) mass is 349 g/mol. The lowest BCUT2D eigenvalue weighted by molar-refractivity contribution is 0.102. The third-order valence-electron chi connectivity index (χ3n) is 3.59. The molecule has 0 aliphatic carbocycles. The fraction of sp³-hybridized carbons (Fsp3) is 0. The highest BCUT2D eigenvalue weighted by Gasteiger charge is 2.15. The van der Waals surface area contributed by atoms with Crippen molar-refractivity contribution in [2.45, 2.75) is 0 Å². The quantitative estimate of drug-likeness (QED) is 0.673. The standard InChI is InChI=1S/C20H14ClN2O2/c21-19-12-11-17(23(14-24)16-9-5-2-6-10-16)13-18(19)20(25)22-15-7-3-1-4-8-15/h1-13H,(H,22,25). The molecule has 0 aliphatic heterocycles. The minimum absolute atomic E-state index is 0.277. The van der Waals surface area contributed by atoms with Gasteiger partial charge < -0.3 is 5.32 Å². The van der Waals surface area contributed by atoms with Gasteiger partial charge in [-0.05, 0) is 42.5 Å². The molecule has 123 valence electrons. The molecule has 2 amide bonds. The smallest absolute Gasteiger partial charge is 0.321 e. The second kappa shape index (κ2) is 7.64. The summed E-state index contributed by atoms with van der Waals surface area (Å²) in [5.74, 6) is -0.350. The lowest BCUT2D eigenvalue weighted by atomic mass is 10.1. The van der Waals surface area contributed by atoms with E-state index in [9.17, 15) is 9.59 Å². The molecule has 0 saturated heterocycles. The molecular formula is C20H14ClN2O2. The van der Waals surface area contributed by atoms with Crippen LogP contribution in [-0.2, 0) is 4.79 Å². The number of benzene rings is 3. The van der Waals surface area contributed by atoms with Gasteiger partial charge in [0, 0.05) is 11.4 Å². The molecular weight excluding hydrogens is 336 g/mol. The summed E-state index contributed by atoms with van der Waals surface area (Å²) < 4.78 is 0. The zero-order valence-electron chi connectivity index (χ0n) is 13.1. The van der Waals surface area contributed by atoms with E-state index in [1.165, 1.54) is 4.90 Å². The van der Waals surface area contributed by atoms with Gasteiger partial charge in [-0.15, -0.1) is 0 Å². The number of hydrogen-bond acceptors (Lipinski definition) is 2. The molecule has 25 heavy (non-hydrogen) atoms. The lowest BCUT2D eigenvalue weighted by Gasteiger charge is -2.18. The van der Waals surface area contributed by atoms with Gasteiger partial charge in [-0.3, -0.25) is 14.5 Å². The van der Waals surface area contributed by atoms with Crippen LogP contribution in [0.1, 0.15) is 10.4 Å². The third kappa shape index (κ3) is 3.87. The molecule has 1 radical (unpaired) electrons. The molecule has 3 aromatic carbocycles. The Morgan fingerprint density at radius 1 is 0.880 bits per heavy atom. The number of amides is 2. The van der Waals surface area contributed by atoms with Crippen molar-refractivity contribution in [1.29, 1.82) is 0 Å². The van der Waals surface area contributed by atoms with E-state index in [1.807, 2.05) is 42.8 Å². The second-order valence-corrected chi connectivity index (χ2v) is 5.65. The van der Waals surface area contributed by atoms with Gasteiger partial charge in [-0.2, -0.15) is 0 Å². The van der Waals surface area contributed by atoms with Crippen LogP contribution in [0, 0.1) is 0 Å². The maximum absolute atomic E-state index is 12.5. The number of nitrogens with zero attached hydrogens (tertiary/aromatic N) is 1. The number of nitrogens with one attached hydrogen (secondary N) is 1. The van der Waals surface area contributed by atoms with Crippen molar-refractivity contribution in [3.8, 4) is 0 Å². The van der Waals surface area contributed by atoms with Crippen molar-refractivity contribution >= 4 is 41.0 Å². The van der Waals surface area contributed by atoms with Crippen molar-refractivity contribution in [2.75, 3.05) is 10.2 Å². The SMILES string of the molecule is O=[C]N(c1ccccc1)c1ccc(Cl)c(C(=O)Nc2ccccc2)c1. The Morgan fingerprint density at radius 2 is 1.52 bits per heavy atom. The molecule has 0 heterocycles. The van der Waals surface area contributed by atoms with Crippen molar-refractivity contribution in [3.63, 3.8) is 0 Å². The molecule has 3 rings (SSSR count). The molecule has 1 N–H and O–H groups in total. The van der Waals surface area contributed by atoms with E-state index in [0.29, 0.717) is 22.1 Å². The average molecular weight is 350 g/mol. The molecule has 0 unspecified atom stereocenters. The van der Waals surface area contributed by atoms with Crippen LogP contribution in [0.25, 0.3) is 0 Å². The Morgan fingerprint density at radius 3 is 2.16 bits per heavy atom. The van der Waals surface area contributed by atoms with Crippen LogP contribution in [-0.4, -0.2) is 12.3 Å². The first-order valence-corrected chi connectivity index (χ1v) is 7.96. The first kappa shape index (κ1) is 16.7. The van der Waals surface area contributed by atoms with Gasteiger partial charge in [0.25, 0.3) is 5.91 Å². The van der Waals surface area contributed by atoms with Crippen molar-refractivity contribution in [2.24, 2.45) is 0 Å². The third-order valence-corrected chi connectivity index (χ3v) is 3.92. The number of para-hydroxylation sites is 2. The molecule has 0 spiro atoms. The fourth-order valence-corrected chi connectivity index (χ4v) is 2.58. The average Bonchev–Trinajstić information content (AvgIpc) is 2.65. The Hall–Kier alpha value is -3.11. The van der Waals surface area contributed by atoms with Gasteiger partial charge in [-0.1, -0.05) is 48.0 Å². The van der Waals surface area contributed by atoms with E-state index in [1.54, 1.807) is 42.5 Å². The summed E-state index contributed by atoms with van der Waals surface area (Å²) >= 11 is 6.17. The molecule has 5 heteroatoms. The van der Waals surface area contributed by atoms with Crippen molar-refractivity contribution in [1.82, 2.24) is 0 Å². The normalized spacial score (nSPS) is 10.1. The molecule has 4 nitrogen and oxygen atoms in total. The summed E-state index contributed by atoms with van der Waals surface area (Å²) in [6, 6.07) is 23.0. The van der Waals surface area contributed by atoms with Gasteiger partial charge in [-0.25, -0.2) is 0 Å². The van der Waals surface area contributed by atoms with Gasteiger partial charge in [0.1, 0.15) is 0 Å². The van der Waals surface area contributed by atoms with Crippen molar-refractivity contribution < 1.29 is 9.59 Å². The van der Waals surface area contributed by atoms with Gasteiger partial charge in [0.2, 0.25) is 0 Å². The van der Waals surface area contributed by atoms with E-state index < -0.39 is 0 Å². The lowest BCUT2D eigenvalue weighted by Crippen LogP contribution is -2.16. The number of carbonyl (C=O) groups excluding carboxylic acids is 2. The van der Waals surface area contributed by atoms with Gasteiger partial charge in [0.15, 0.2) is 0 Å². The minimum Gasteiger partial charge on any atom is -0.322 e. The Labute approximate surface area is 150 Å². The maximum Gasteiger partial charge on any atom is 0.321 e. The van der Waals surface area contributed by atoms with E-state index in [2.05, 4.69) is 5.32 Å². The first-order valence-electron chi connectivity index (χ1n) is 7.58. The van der Waals surface area contributed by atoms with Gasteiger partial charge >= 0.3 is 6.41 Å². The van der Waals surface area contributed by atoms with E-state index >= 15 is 0 Å². The molecule has 0 aromatic heterocycles. The highest BCUT2D eigenvalue weighted by molar-refractivity contribution is 6.34. The van der Waals surface area contributed by atoms with E-state index in [-0.39, 0.29) is 11.5 Å². The summed E-state index contributed by atoms with van der Waals surface area (Å²) in [6.07, 6.45) is 1.88.